The van der Waals surface area contributed by atoms with E-state index in [2.05, 4.69) is 13.5 Å². The molecule has 1 atom stereocenters. The van der Waals surface area contributed by atoms with E-state index in [4.69, 9.17) is 4.74 Å². The quantitative estimate of drug-likeness (QED) is 0.386. The zero-order valence-corrected chi connectivity index (χ0v) is 16.1. The number of carbonyl (C=O) groups excluding carboxylic acids is 1. The molecule has 0 saturated carbocycles. The summed E-state index contributed by atoms with van der Waals surface area (Å²) in [5, 5.41) is 0. The fourth-order valence-corrected chi connectivity index (χ4v) is 4.53. The van der Waals surface area contributed by atoms with Gasteiger partial charge in [0.2, 0.25) is 0 Å². The topological polar surface area (TPSA) is 29.5 Å². The second kappa shape index (κ2) is 8.72. The highest BCUT2D eigenvalue weighted by atomic mass is 16.6. The molecular weight excluding hydrogens is 324 g/mol. The molecule has 0 unspecified atom stereocenters. The Bertz CT molecular complexity index is 593. The first kappa shape index (κ1) is 19.0. The molecular formula is C22H33N2O2+. The smallest absolute Gasteiger partial charge is 0.414 e. The Balaban J connectivity index is 1.68. The summed E-state index contributed by atoms with van der Waals surface area (Å²) in [6, 6.07) is 9.93. The third-order valence-corrected chi connectivity index (χ3v) is 6.08. The summed E-state index contributed by atoms with van der Waals surface area (Å²) < 4.78 is 7.12. The summed E-state index contributed by atoms with van der Waals surface area (Å²) in [6.45, 7) is 11.2. The molecule has 4 nitrogen and oxygen atoms in total. The van der Waals surface area contributed by atoms with Crippen LogP contribution in [0, 0.1) is 5.92 Å². The molecule has 0 spiro atoms. The van der Waals surface area contributed by atoms with Crippen LogP contribution in [-0.2, 0) is 4.74 Å². The highest BCUT2D eigenvalue weighted by Crippen LogP contribution is 2.36. The molecule has 3 aliphatic rings. The lowest BCUT2D eigenvalue weighted by Gasteiger charge is -2.51. The van der Waals surface area contributed by atoms with Crippen LogP contribution >= 0.6 is 0 Å². The summed E-state index contributed by atoms with van der Waals surface area (Å²) in [7, 11) is 0. The van der Waals surface area contributed by atoms with Crippen LogP contribution in [-0.4, -0.2) is 49.4 Å². The Morgan fingerprint density at radius 1 is 1.27 bits per heavy atom. The van der Waals surface area contributed by atoms with Gasteiger partial charge in [-0.2, -0.15) is 0 Å². The van der Waals surface area contributed by atoms with Crippen LogP contribution in [0.3, 0.4) is 0 Å². The van der Waals surface area contributed by atoms with Gasteiger partial charge in [-0.25, -0.2) is 4.79 Å². The van der Waals surface area contributed by atoms with Gasteiger partial charge in [0.05, 0.1) is 19.6 Å². The number of nitrogens with zero attached hydrogens (tertiary/aromatic N) is 2. The fraction of sp³-hybridized carbons (Fsp3) is 0.591. The van der Waals surface area contributed by atoms with Gasteiger partial charge in [0, 0.05) is 31.0 Å². The van der Waals surface area contributed by atoms with Crippen molar-refractivity contribution >= 4 is 11.8 Å². The van der Waals surface area contributed by atoms with Gasteiger partial charge in [-0.05, 0) is 24.6 Å². The molecule has 3 aliphatic heterocycles. The number of unbranched alkanes of at least 4 members (excludes halogenated alkanes) is 2. The van der Waals surface area contributed by atoms with Gasteiger partial charge >= 0.3 is 6.09 Å². The van der Waals surface area contributed by atoms with Gasteiger partial charge in [-0.1, -0.05) is 44.5 Å². The number of ether oxygens (including phenoxy) is 1. The van der Waals surface area contributed by atoms with Crippen LogP contribution in [0.4, 0.5) is 10.5 Å². The van der Waals surface area contributed by atoms with E-state index in [1.54, 1.807) is 0 Å². The zero-order valence-electron chi connectivity index (χ0n) is 16.1. The number of hydrogen-bond acceptors (Lipinski definition) is 2. The van der Waals surface area contributed by atoms with Crippen LogP contribution in [0.2, 0.25) is 0 Å². The Hall–Kier alpha value is -1.81. The van der Waals surface area contributed by atoms with E-state index in [0.717, 1.165) is 61.9 Å². The Morgan fingerprint density at radius 3 is 2.65 bits per heavy atom. The Labute approximate surface area is 158 Å². The maximum absolute atomic E-state index is 13.0. The number of benzene rings is 1. The molecule has 0 aromatic heterocycles. The van der Waals surface area contributed by atoms with Crippen LogP contribution in [0.15, 0.2) is 43.0 Å². The van der Waals surface area contributed by atoms with Crippen molar-refractivity contribution in [2.45, 2.75) is 45.1 Å². The van der Waals surface area contributed by atoms with Crippen molar-refractivity contribution in [1.82, 2.24) is 0 Å². The monoisotopic (exact) mass is 357 g/mol. The number of piperidine rings is 3. The van der Waals surface area contributed by atoms with E-state index < -0.39 is 0 Å². The van der Waals surface area contributed by atoms with E-state index in [0.29, 0.717) is 5.92 Å². The first-order chi connectivity index (χ1) is 12.7. The van der Waals surface area contributed by atoms with Crippen LogP contribution in [0.5, 0.6) is 0 Å². The maximum atomic E-state index is 13.0. The minimum absolute atomic E-state index is 0.0438. The average Bonchev–Trinajstić information content (AvgIpc) is 2.67. The molecule has 2 bridgehead atoms. The Kier molecular flexibility index (Phi) is 6.36. The van der Waals surface area contributed by atoms with Crippen LogP contribution in [0.1, 0.15) is 39.0 Å². The second-order valence-corrected chi connectivity index (χ2v) is 7.90. The molecule has 1 aromatic carbocycles. The number of carbonyl (C=O) groups is 1. The third-order valence-electron chi connectivity index (χ3n) is 6.08. The largest absolute Gasteiger partial charge is 0.440 e. The molecule has 4 rings (SSSR count). The van der Waals surface area contributed by atoms with E-state index in [1.807, 2.05) is 41.3 Å². The number of fused-ring (bicyclic) bond motifs is 3. The minimum Gasteiger partial charge on any atom is -0.440 e. The number of para-hydroxylation sites is 1. The lowest BCUT2D eigenvalue weighted by atomic mass is 9.83. The first-order valence-electron chi connectivity index (χ1n) is 10.2. The molecule has 26 heavy (non-hydrogen) atoms. The predicted octanol–water partition coefficient (Wildman–Crippen LogP) is 4.61. The van der Waals surface area contributed by atoms with Crippen LogP contribution < -0.4 is 4.90 Å². The number of amides is 1. The van der Waals surface area contributed by atoms with Gasteiger partial charge in [0.1, 0.15) is 6.54 Å². The molecule has 3 heterocycles. The average molecular weight is 358 g/mol. The van der Waals surface area contributed by atoms with E-state index in [1.165, 1.54) is 13.1 Å². The van der Waals surface area contributed by atoms with Gasteiger partial charge < -0.3 is 9.22 Å². The lowest BCUT2D eigenvalue weighted by molar-refractivity contribution is -0.941. The lowest BCUT2D eigenvalue weighted by Crippen LogP contribution is -2.64. The van der Waals surface area contributed by atoms with Crippen molar-refractivity contribution in [2.75, 3.05) is 37.6 Å². The molecule has 3 fully saturated rings. The zero-order chi connectivity index (χ0) is 18.4. The summed E-state index contributed by atoms with van der Waals surface area (Å²) in [6.07, 6.45) is 7.48. The van der Waals surface area contributed by atoms with Crippen molar-refractivity contribution in [2.24, 2.45) is 5.92 Å². The normalized spacial score (nSPS) is 27.1. The van der Waals surface area contributed by atoms with Crippen molar-refractivity contribution in [3.8, 4) is 0 Å². The number of rotatable bonds is 8. The summed E-state index contributed by atoms with van der Waals surface area (Å²) in [5.74, 6) is 0.525. The second-order valence-electron chi connectivity index (χ2n) is 7.90. The molecule has 4 heteroatoms. The minimum atomic E-state index is -0.178. The van der Waals surface area contributed by atoms with Gasteiger partial charge in [0.15, 0.2) is 6.10 Å². The molecule has 1 amide bonds. The maximum Gasteiger partial charge on any atom is 0.414 e. The molecule has 142 valence electrons. The Morgan fingerprint density at radius 2 is 2.00 bits per heavy atom. The number of anilines is 1. The molecule has 3 saturated heterocycles. The number of hydrogen-bond donors (Lipinski definition) is 0. The summed E-state index contributed by atoms with van der Waals surface area (Å²) in [5.41, 5.74) is 0.935. The van der Waals surface area contributed by atoms with Crippen molar-refractivity contribution in [3.63, 3.8) is 0 Å². The van der Waals surface area contributed by atoms with E-state index in [9.17, 15) is 4.79 Å². The number of quaternary nitrogens is 1. The van der Waals surface area contributed by atoms with Crippen molar-refractivity contribution in [1.29, 1.82) is 0 Å². The van der Waals surface area contributed by atoms with E-state index in [-0.39, 0.29) is 12.2 Å². The molecule has 1 aromatic rings. The summed E-state index contributed by atoms with van der Waals surface area (Å²) >= 11 is 0. The SMILES string of the molecule is C=CC[N+]12CCC(CC1)[C@@H](OC(=O)N(CCCCC)c1ccccc1)C2. The highest BCUT2D eigenvalue weighted by Gasteiger charge is 2.47. The summed E-state index contributed by atoms with van der Waals surface area (Å²) in [4.78, 5) is 14.8. The first-order valence-corrected chi connectivity index (χ1v) is 10.2. The van der Waals surface area contributed by atoms with Gasteiger partial charge in [-0.15, -0.1) is 0 Å². The van der Waals surface area contributed by atoms with E-state index >= 15 is 0 Å². The molecule has 0 radical (unpaired) electrons. The van der Waals surface area contributed by atoms with Crippen LogP contribution in [0.25, 0.3) is 0 Å². The fourth-order valence-electron chi connectivity index (χ4n) is 4.53. The van der Waals surface area contributed by atoms with Crippen molar-refractivity contribution in [3.05, 3.63) is 43.0 Å². The molecule has 0 aliphatic carbocycles. The standard InChI is InChI=1S/C22H33N2O2/c1-3-5-9-14-23(20-10-7-6-8-11-20)22(25)26-21-18-24(15-4-2)16-12-19(21)13-17-24/h4,6-8,10-11,19,21H,2-3,5,9,12-18H2,1H3/q+1/t19?,21-,24?/m0/s1. The van der Waals surface area contributed by atoms with Gasteiger partial charge in [0.25, 0.3) is 0 Å². The predicted molar refractivity (Wildman–Crippen MR) is 106 cm³/mol. The van der Waals surface area contributed by atoms with Crippen molar-refractivity contribution < 1.29 is 14.0 Å². The van der Waals surface area contributed by atoms with Gasteiger partial charge in [-0.3, -0.25) is 4.90 Å². The molecule has 0 N–H and O–H groups in total. The highest BCUT2D eigenvalue weighted by molar-refractivity contribution is 5.87. The third kappa shape index (κ3) is 4.29.